The Labute approximate surface area is 157 Å². The molecule has 3 nitrogen and oxygen atoms in total. The number of halogens is 13. The molecule has 0 N–H and O–H groups in total. The molecule has 0 aromatic rings. The van der Waals surface area contributed by atoms with Crippen molar-refractivity contribution < 1.29 is 99.6 Å². The fourth-order valence-electron chi connectivity index (χ4n) is 1.24. The van der Waals surface area contributed by atoms with Gasteiger partial charge in [-0.25, -0.2) is 30.4 Å². The summed E-state index contributed by atoms with van der Waals surface area (Å²) in [7, 11) is -7.11. The van der Waals surface area contributed by atoms with Crippen LogP contribution in [0.3, 0.4) is 0 Å². The van der Waals surface area contributed by atoms with Gasteiger partial charge >= 0.3 is 53.2 Å². The quantitative estimate of drug-likeness (QED) is 0.304. The van der Waals surface area contributed by atoms with Gasteiger partial charge in [-0.1, -0.05) is 0 Å². The second-order valence-corrected chi connectivity index (χ2v) is 5.78. The average Bonchev–Trinajstić information content (AvgIpc) is 2.42. The Morgan fingerprint density at radius 2 is 1.00 bits per heavy atom. The van der Waals surface area contributed by atoms with Crippen molar-refractivity contribution in [2.45, 2.75) is 48.0 Å². The first-order valence-corrected chi connectivity index (χ1v) is 6.80. The molecule has 0 amide bonds. The third-order valence-electron chi connectivity index (χ3n) is 2.64. The molecule has 0 aromatic carbocycles. The minimum absolute atomic E-state index is 0. The molecule has 0 aliphatic heterocycles. The summed E-state index contributed by atoms with van der Waals surface area (Å²) in [4.78, 5) is 0. The predicted octanol–water partition coefficient (Wildman–Crippen LogP) is 0.314. The van der Waals surface area contributed by atoms with Gasteiger partial charge in [0.25, 0.3) is 11.9 Å². The minimum Gasteiger partial charge on any atom is -0.746 e. The van der Waals surface area contributed by atoms with Crippen LogP contribution in [0, 0.1) is 0 Å². The summed E-state index contributed by atoms with van der Waals surface area (Å²) in [5, 5.41) is 0. The van der Waals surface area contributed by atoms with Crippen LogP contribution in [0.25, 0.3) is 0 Å². The molecule has 18 heteroatoms. The summed E-state index contributed by atoms with van der Waals surface area (Å²) >= 11 is 0. The largest absolute Gasteiger partial charge is 1.00 e. The molecule has 0 spiro atoms. The van der Waals surface area contributed by atoms with E-state index in [-0.39, 0.29) is 29.6 Å². The first kappa shape index (κ1) is 28.2. The van der Waals surface area contributed by atoms with Crippen LogP contribution in [-0.4, -0.2) is 60.9 Å². The molecular weight excluding hydrogens is 446 g/mol. The fraction of sp³-hybridized carbons (Fsp3) is 1.00. The third kappa shape index (κ3) is 4.52. The molecule has 0 aliphatic rings. The Morgan fingerprint density at radius 1 is 0.692 bits per heavy atom. The first-order valence-electron chi connectivity index (χ1n) is 5.33. The van der Waals surface area contributed by atoms with Crippen LogP contribution in [0.1, 0.15) is 0 Å². The van der Waals surface area contributed by atoms with Crippen molar-refractivity contribution in [1.29, 1.82) is 0 Å². The SMILES string of the molecule is O=S(=O)([O-])C(F)C(F)(F)C(F)(F)C(F)(F)C(F)(F)C(F)C(F)C(F)F.[Na+]. The van der Waals surface area contributed by atoms with Gasteiger partial charge < -0.3 is 4.55 Å². The van der Waals surface area contributed by atoms with Crippen molar-refractivity contribution in [1.82, 2.24) is 0 Å². The fourth-order valence-corrected chi connectivity index (χ4v) is 1.75. The number of alkyl halides is 13. The van der Waals surface area contributed by atoms with E-state index >= 15 is 0 Å². The summed E-state index contributed by atoms with van der Waals surface area (Å²) in [6.07, 6.45) is -15.1. The molecule has 3 atom stereocenters. The van der Waals surface area contributed by atoms with Gasteiger partial charge in [0.05, 0.1) is 0 Å². The number of hydrogen-bond donors (Lipinski definition) is 0. The van der Waals surface area contributed by atoms with Crippen molar-refractivity contribution in [2.24, 2.45) is 0 Å². The molecule has 0 heterocycles. The molecule has 0 radical (unpaired) electrons. The second-order valence-electron chi connectivity index (χ2n) is 4.38. The van der Waals surface area contributed by atoms with Gasteiger partial charge in [-0.2, -0.15) is 35.1 Å². The van der Waals surface area contributed by atoms with E-state index in [9.17, 15) is 70.0 Å². The van der Waals surface area contributed by atoms with E-state index in [1.807, 2.05) is 0 Å². The molecule has 0 fully saturated rings. The zero-order valence-electron chi connectivity index (χ0n) is 11.9. The molecule has 152 valence electrons. The summed E-state index contributed by atoms with van der Waals surface area (Å²) in [5.41, 5.74) is -5.70. The van der Waals surface area contributed by atoms with E-state index in [1.54, 1.807) is 0 Å². The topological polar surface area (TPSA) is 57.2 Å². The molecule has 0 rings (SSSR count). The van der Waals surface area contributed by atoms with Gasteiger partial charge in [0, 0.05) is 0 Å². The van der Waals surface area contributed by atoms with Crippen LogP contribution < -0.4 is 29.6 Å². The molecule has 0 bridgehead atoms. The van der Waals surface area contributed by atoms with Crippen molar-refractivity contribution in [3.05, 3.63) is 0 Å². The maximum atomic E-state index is 13.0. The van der Waals surface area contributed by atoms with Gasteiger partial charge in [0.1, 0.15) is 10.1 Å². The van der Waals surface area contributed by atoms with Crippen LogP contribution in [0.15, 0.2) is 0 Å². The van der Waals surface area contributed by atoms with Crippen molar-refractivity contribution in [2.75, 3.05) is 0 Å². The smallest absolute Gasteiger partial charge is 0.746 e. The third-order valence-corrected chi connectivity index (χ3v) is 3.44. The molecule has 0 aromatic heterocycles. The molecule has 0 aliphatic carbocycles. The molecule has 0 saturated carbocycles. The Balaban J connectivity index is 0. The Morgan fingerprint density at radius 3 is 1.27 bits per heavy atom. The number of rotatable bonds is 8. The van der Waals surface area contributed by atoms with Crippen molar-refractivity contribution in [3.63, 3.8) is 0 Å². The van der Waals surface area contributed by atoms with Crippen LogP contribution in [0.2, 0.25) is 0 Å². The van der Waals surface area contributed by atoms with Crippen LogP contribution in [0.4, 0.5) is 57.1 Å². The summed E-state index contributed by atoms with van der Waals surface area (Å²) in [6.45, 7) is 0. The molecule has 3 unspecified atom stereocenters. The van der Waals surface area contributed by atoms with E-state index in [2.05, 4.69) is 0 Å². The molecule has 26 heavy (non-hydrogen) atoms. The van der Waals surface area contributed by atoms with Crippen LogP contribution in [0.5, 0.6) is 0 Å². The summed E-state index contributed by atoms with van der Waals surface area (Å²) in [5.74, 6) is -30.3. The van der Waals surface area contributed by atoms with E-state index in [0.29, 0.717) is 0 Å². The zero-order chi connectivity index (χ0) is 20.8. The van der Waals surface area contributed by atoms with E-state index in [0.717, 1.165) is 0 Å². The summed E-state index contributed by atoms with van der Waals surface area (Å²) < 4.78 is 194. The summed E-state index contributed by atoms with van der Waals surface area (Å²) in [6, 6.07) is 0. The predicted molar refractivity (Wildman–Crippen MR) is 50.2 cm³/mol. The first-order chi connectivity index (χ1) is 10.7. The van der Waals surface area contributed by atoms with Crippen LogP contribution >= 0.6 is 0 Å². The van der Waals surface area contributed by atoms with Gasteiger partial charge in [0.2, 0.25) is 6.17 Å². The maximum Gasteiger partial charge on any atom is 1.00 e. The molecule has 0 saturated heterocycles. The van der Waals surface area contributed by atoms with Gasteiger partial charge in [-0.3, -0.25) is 0 Å². The maximum absolute atomic E-state index is 13.0. The van der Waals surface area contributed by atoms with Crippen LogP contribution in [-0.2, 0) is 10.1 Å². The van der Waals surface area contributed by atoms with E-state index in [4.69, 9.17) is 0 Å². The second kappa shape index (κ2) is 8.16. The van der Waals surface area contributed by atoms with E-state index in [1.165, 1.54) is 0 Å². The normalized spacial score (nSPS) is 18.3. The Hall–Kier alpha value is -0.000000000000000444. The van der Waals surface area contributed by atoms with Crippen molar-refractivity contribution >= 4 is 10.1 Å². The Bertz CT molecular complexity index is 580. The minimum atomic E-state index is -7.81. The zero-order valence-corrected chi connectivity index (χ0v) is 14.7. The Kier molecular flexibility index (Phi) is 8.86. The average molecular weight is 450 g/mol. The monoisotopic (exact) mass is 450 g/mol. The van der Waals surface area contributed by atoms with Crippen molar-refractivity contribution in [3.8, 4) is 0 Å². The standard InChI is InChI=1S/C8H5F13O3S.Na/c9-1(3(11)12)2(10)5(14,15)7(18,19)8(20,21)6(16,17)4(13)25(22,23)24;/h1-4H,(H,22,23,24);/q;+1/p-1. The van der Waals surface area contributed by atoms with Gasteiger partial charge in [-0.15, -0.1) is 0 Å². The number of hydrogen-bond acceptors (Lipinski definition) is 3. The van der Waals surface area contributed by atoms with Gasteiger partial charge in [-0.05, 0) is 0 Å². The van der Waals surface area contributed by atoms with Gasteiger partial charge in [0.15, 0.2) is 6.17 Å². The molecular formula is C8H4F13NaO3S. The van der Waals surface area contributed by atoms with E-state index < -0.39 is 58.1 Å².